The van der Waals surface area contributed by atoms with Gasteiger partial charge in [-0.25, -0.2) is 9.37 Å². The van der Waals surface area contributed by atoms with Crippen LogP contribution in [0.1, 0.15) is 16.8 Å². The molecular formula is C14H14FN3O2S. The van der Waals surface area contributed by atoms with E-state index in [9.17, 15) is 9.18 Å². The molecule has 0 aliphatic carbocycles. The molecule has 7 heteroatoms. The van der Waals surface area contributed by atoms with Crippen molar-refractivity contribution in [2.75, 3.05) is 7.11 Å². The van der Waals surface area contributed by atoms with Gasteiger partial charge in [-0.3, -0.25) is 9.36 Å². The Kier molecular flexibility index (Phi) is 4.32. The molecule has 2 aromatic rings. The minimum absolute atomic E-state index is 0.0663. The average Bonchev–Trinajstić information content (AvgIpc) is 2.42. The lowest BCUT2D eigenvalue weighted by Gasteiger charge is -2.13. The van der Waals surface area contributed by atoms with Gasteiger partial charge in [-0.1, -0.05) is 18.3 Å². The lowest BCUT2D eigenvalue weighted by atomic mass is 10.1. The quantitative estimate of drug-likeness (QED) is 0.864. The van der Waals surface area contributed by atoms with Crippen molar-refractivity contribution in [3.8, 4) is 6.01 Å². The molecule has 1 aromatic carbocycles. The second-order valence-corrected chi connectivity index (χ2v) is 4.91. The minimum Gasteiger partial charge on any atom is -0.468 e. The Bertz CT molecular complexity index is 758. The van der Waals surface area contributed by atoms with Gasteiger partial charge in [0, 0.05) is 17.3 Å². The fourth-order valence-electron chi connectivity index (χ4n) is 1.98. The maximum Gasteiger partial charge on any atom is 0.299 e. The molecule has 0 atom stereocenters. The van der Waals surface area contributed by atoms with E-state index in [1.807, 2.05) is 0 Å². The SMILES string of the molecule is COc1nc(C)cc(=O)n1Cc1ccc(F)cc1C(N)=S. The predicted octanol–water partition coefficient (Wildman–Crippen LogP) is 1.38. The van der Waals surface area contributed by atoms with Gasteiger partial charge in [-0.05, 0) is 24.6 Å². The Balaban J connectivity index is 2.53. The first kappa shape index (κ1) is 15.1. The molecule has 0 bridgehead atoms. The number of aromatic nitrogens is 2. The highest BCUT2D eigenvalue weighted by Crippen LogP contribution is 2.15. The predicted molar refractivity (Wildman–Crippen MR) is 81.2 cm³/mol. The lowest BCUT2D eigenvalue weighted by Crippen LogP contribution is -2.24. The summed E-state index contributed by atoms with van der Waals surface area (Å²) < 4.78 is 19.8. The van der Waals surface area contributed by atoms with Gasteiger partial charge in [-0.2, -0.15) is 0 Å². The summed E-state index contributed by atoms with van der Waals surface area (Å²) in [6.07, 6.45) is 0. The van der Waals surface area contributed by atoms with Gasteiger partial charge < -0.3 is 10.5 Å². The van der Waals surface area contributed by atoms with E-state index >= 15 is 0 Å². The first-order chi connectivity index (χ1) is 9.92. The van der Waals surface area contributed by atoms with Gasteiger partial charge in [-0.15, -0.1) is 0 Å². The van der Waals surface area contributed by atoms with Gasteiger partial charge >= 0.3 is 0 Å². The summed E-state index contributed by atoms with van der Waals surface area (Å²) in [5.74, 6) is -0.442. The monoisotopic (exact) mass is 307 g/mol. The van der Waals surface area contributed by atoms with E-state index in [1.54, 1.807) is 6.92 Å². The summed E-state index contributed by atoms with van der Waals surface area (Å²) >= 11 is 4.92. The highest BCUT2D eigenvalue weighted by molar-refractivity contribution is 7.80. The molecule has 0 saturated heterocycles. The van der Waals surface area contributed by atoms with Crippen LogP contribution < -0.4 is 16.0 Å². The van der Waals surface area contributed by atoms with Gasteiger partial charge in [0.2, 0.25) is 0 Å². The molecule has 0 amide bonds. The van der Waals surface area contributed by atoms with Crippen molar-refractivity contribution in [3.05, 3.63) is 57.3 Å². The molecule has 0 spiro atoms. The first-order valence-electron chi connectivity index (χ1n) is 6.13. The number of ether oxygens (including phenoxy) is 1. The molecule has 110 valence electrons. The van der Waals surface area contributed by atoms with E-state index in [4.69, 9.17) is 22.7 Å². The third kappa shape index (κ3) is 3.25. The van der Waals surface area contributed by atoms with Crippen LogP contribution in [0.3, 0.4) is 0 Å². The topological polar surface area (TPSA) is 70.1 Å². The Labute approximate surface area is 126 Å². The zero-order valence-electron chi connectivity index (χ0n) is 11.6. The number of nitrogens with zero attached hydrogens (tertiary/aromatic N) is 2. The molecule has 0 saturated carbocycles. The Morgan fingerprint density at radius 2 is 2.19 bits per heavy atom. The fraction of sp³-hybridized carbons (Fsp3) is 0.214. The van der Waals surface area contributed by atoms with E-state index in [0.29, 0.717) is 16.8 Å². The Morgan fingerprint density at radius 3 is 2.81 bits per heavy atom. The van der Waals surface area contributed by atoms with Crippen molar-refractivity contribution in [1.29, 1.82) is 0 Å². The van der Waals surface area contributed by atoms with Crippen LogP contribution in [0, 0.1) is 12.7 Å². The summed E-state index contributed by atoms with van der Waals surface area (Å²) in [6, 6.07) is 5.65. The van der Waals surface area contributed by atoms with Crippen LogP contribution in [0.2, 0.25) is 0 Å². The smallest absolute Gasteiger partial charge is 0.299 e. The van der Waals surface area contributed by atoms with Crippen molar-refractivity contribution < 1.29 is 9.13 Å². The molecule has 5 nitrogen and oxygen atoms in total. The molecule has 2 rings (SSSR count). The summed E-state index contributed by atoms with van der Waals surface area (Å²) in [6.45, 7) is 1.84. The van der Waals surface area contributed by atoms with Crippen LogP contribution >= 0.6 is 12.2 Å². The van der Waals surface area contributed by atoms with E-state index < -0.39 is 5.82 Å². The van der Waals surface area contributed by atoms with Crippen LogP contribution in [-0.4, -0.2) is 21.6 Å². The van der Waals surface area contributed by atoms with Gasteiger partial charge in [0.1, 0.15) is 10.8 Å². The second kappa shape index (κ2) is 6.01. The van der Waals surface area contributed by atoms with Crippen molar-refractivity contribution in [2.45, 2.75) is 13.5 Å². The third-order valence-electron chi connectivity index (χ3n) is 2.95. The van der Waals surface area contributed by atoms with Gasteiger partial charge in [0.25, 0.3) is 11.6 Å². The molecule has 21 heavy (non-hydrogen) atoms. The van der Waals surface area contributed by atoms with Gasteiger partial charge in [0.05, 0.1) is 13.7 Å². The van der Waals surface area contributed by atoms with E-state index in [1.165, 1.54) is 35.9 Å². The molecule has 0 unspecified atom stereocenters. The molecule has 1 aromatic heterocycles. The summed E-state index contributed by atoms with van der Waals surface area (Å²) in [7, 11) is 1.43. The molecule has 0 fully saturated rings. The van der Waals surface area contributed by atoms with E-state index in [2.05, 4.69) is 4.98 Å². The Morgan fingerprint density at radius 1 is 1.48 bits per heavy atom. The number of methoxy groups -OCH3 is 1. The lowest BCUT2D eigenvalue weighted by molar-refractivity contribution is 0.350. The van der Waals surface area contributed by atoms with Crippen molar-refractivity contribution in [3.63, 3.8) is 0 Å². The maximum atomic E-state index is 13.3. The van der Waals surface area contributed by atoms with Crippen molar-refractivity contribution in [2.24, 2.45) is 5.73 Å². The standard InChI is InChI=1S/C14H14FN3O2S/c1-8-5-12(19)18(14(17-8)20-2)7-9-3-4-10(15)6-11(9)13(16)21/h3-6H,7H2,1-2H3,(H2,16,21). The number of halogens is 1. The van der Waals surface area contributed by atoms with E-state index in [-0.39, 0.29) is 23.1 Å². The largest absolute Gasteiger partial charge is 0.468 e. The first-order valence-corrected chi connectivity index (χ1v) is 6.54. The zero-order valence-corrected chi connectivity index (χ0v) is 12.4. The average molecular weight is 307 g/mol. The minimum atomic E-state index is -0.442. The summed E-state index contributed by atoms with van der Waals surface area (Å²) in [5, 5.41) is 0. The second-order valence-electron chi connectivity index (χ2n) is 4.47. The summed E-state index contributed by atoms with van der Waals surface area (Å²) in [5.41, 5.74) is 6.90. The zero-order chi connectivity index (χ0) is 15.6. The molecule has 0 aliphatic rings. The highest BCUT2D eigenvalue weighted by atomic mass is 32.1. The third-order valence-corrected chi connectivity index (χ3v) is 3.17. The normalized spacial score (nSPS) is 10.4. The number of rotatable bonds is 4. The number of hydrogen-bond donors (Lipinski definition) is 1. The molecule has 0 aliphatic heterocycles. The van der Waals surface area contributed by atoms with Crippen molar-refractivity contribution in [1.82, 2.24) is 9.55 Å². The summed E-state index contributed by atoms with van der Waals surface area (Å²) in [4.78, 5) is 16.3. The van der Waals surface area contributed by atoms with Crippen molar-refractivity contribution >= 4 is 17.2 Å². The molecule has 0 radical (unpaired) electrons. The molecular weight excluding hydrogens is 293 g/mol. The molecule has 2 N–H and O–H groups in total. The molecule has 1 heterocycles. The van der Waals surface area contributed by atoms with Crippen LogP contribution in [-0.2, 0) is 6.54 Å². The Hall–Kier alpha value is -2.28. The number of aryl methyl sites for hydroxylation is 1. The number of benzene rings is 1. The number of hydrogen-bond acceptors (Lipinski definition) is 4. The van der Waals surface area contributed by atoms with E-state index in [0.717, 1.165) is 0 Å². The number of nitrogens with two attached hydrogens (primary N) is 1. The number of thiocarbonyl (C=S) groups is 1. The van der Waals surface area contributed by atoms with Crippen LogP contribution in [0.15, 0.2) is 29.1 Å². The fourth-order valence-corrected chi connectivity index (χ4v) is 2.17. The highest BCUT2D eigenvalue weighted by Gasteiger charge is 2.12. The van der Waals surface area contributed by atoms with Gasteiger partial charge in [0.15, 0.2) is 0 Å². The van der Waals surface area contributed by atoms with Crippen LogP contribution in [0.4, 0.5) is 4.39 Å². The maximum absolute atomic E-state index is 13.3. The van der Waals surface area contributed by atoms with Crippen LogP contribution in [0.25, 0.3) is 0 Å². The van der Waals surface area contributed by atoms with Crippen LogP contribution in [0.5, 0.6) is 6.01 Å².